The van der Waals surface area contributed by atoms with Gasteiger partial charge in [0.05, 0.1) is 11.9 Å². The summed E-state index contributed by atoms with van der Waals surface area (Å²) in [6.45, 7) is 0. The molecule has 0 radical (unpaired) electrons. The van der Waals surface area contributed by atoms with Crippen molar-refractivity contribution in [2.75, 3.05) is 0 Å². The molecule has 0 unspecified atom stereocenters. The number of aromatic nitrogens is 3. The first-order valence-electron chi connectivity index (χ1n) is 7.06. The summed E-state index contributed by atoms with van der Waals surface area (Å²) in [5, 5.41) is 4.49. The van der Waals surface area contributed by atoms with E-state index in [2.05, 4.69) is 10.1 Å². The van der Waals surface area contributed by atoms with Gasteiger partial charge in [-0.3, -0.25) is 0 Å². The standard InChI is InChI=1S/C16H12F3N3/c17-10-3-5-11(6-4-10)22-16-13(8-20-22)12(15(18)19)7-14(21-16)9-1-2-9/h3-9,15H,1-2H2. The predicted octanol–water partition coefficient (Wildman–Crippen LogP) is 4.37. The number of hydrogen-bond acceptors (Lipinski definition) is 2. The molecule has 2 heterocycles. The highest BCUT2D eigenvalue weighted by atomic mass is 19.3. The van der Waals surface area contributed by atoms with Crippen LogP contribution in [0.15, 0.2) is 36.5 Å². The smallest absolute Gasteiger partial charge is 0.233 e. The molecule has 1 fully saturated rings. The molecule has 0 N–H and O–H groups in total. The van der Waals surface area contributed by atoms with Crippen LogP contribution in [0.1, 0.15) is 36.4 Å². The Hall–Kier alpha value is -2.37. The van der Waals surface area contributed by atoms with E-state index in [1.165, 1.54) is 29.1 Å². The normalized spacial score (nSPS) is 14.9. The molecule has 1 aromatic carbocycles. The van der Waals surface area contributed by atoms with Crippen molar-refractivity contribution in [3.05, 3.63) is 53.6 Å². The Labute approximate surface area is 124 Å². The number of fused-ring (bicyclic) bond motifs is 1. The Bertz CT molecular complexity index is 836. The van der Waals surface area contributed by atoms with Crippen molar-refractivity contribution in [3.8, 4) is 5.69 Å². The third-order valence-electron chi connectivity index (χ3n) is 3.90. The lowest BCUT2D eigenvalue weighted by Crippen LogP contribution is -2.00. The average Bonchev–Trinajstić information content (AvgIpc) is 3.27. The number of pyridine rings is 1. The molecule has 1 saturated carbocycles. The van der Waals surface area contributed by atoms with Gasteiger partial charge in [0.25, 0.3) is 6.43 Å². The van der Waals surface area contributed by atoms with Crippen LogP contribution in [0.3, 0.4) is 0 Å². The average molecular weight is 303 g/mol. The van der Waals surface area contributed by atoms with E-state index in [1.54, 1.807) is 12.1 Å². The third-order valence-corrected chi connectivity index (χ3v) is 3.90. The Kier molecular flexibility index (Phi) is 2.92. The molecule has 0 spiro atoms. The van der Waals surface area contributed by atoms with Crippen LogP contribution in [-0.4, -0.2) is 14.8 Å². The molecule has 0 bridgehead atoms. The Morgan fingerprint density at radius 3 is 2.50 bits per heavy atom. The first kappa shape index (κ1) is 13.3. The maximum atomic E-state index is 13.3. The maximum absolute atomic E-state index is 13.3. The monoisotopic (exact) mass is 303 g/mol. The molecule has 112 valence electrons. The molecule has 3 nitrogen and oxygen atoms in total. The van der Waals surface area contributed by atoms with Crippen LogP contribution >= 0.6 is 0 Å². The van der Waals surface area contributed by atoms with Crippen LogP contribution in [0.4, 0.5) is 13.2 Å². The molecule has 3 aromatic rings. The molecule has 0 saturated heterocycles. The molecule has 0 atom stereocenters. The number of rotatable bonds is 3. The van der Waals surface area contributed by atoms with Gasteiger partial charge in [0.2, 0.25) is 0 Å². The molecule has 0 aliphatic heterocycles. The fraction of sp³-hybridized carbons (Fsp3) is 0.250. The van der Waals surface area contributed by atoms with E-state index < -0.39 is 6.43 Å². The predicted molar refractivity (Wildman–Crippen MR) is 75.8 cm³/mol. The van der Waals surface area contributed by atoms with Crippen molar-refractivity contribution >= 4 is 11.0 Å². The highest BCUT2D eigenvalue weighted by Gasteiger charge is 2.28. The third kappa shape index (κ3) is 2.15. The van der Waals surface area contributed by atoms with Gasteiger partial charge in [-0.1, -0.05) is 0 Å². The second kappa shape index (κ2) is 4.83. The number of halogens is 3. The first-order valence-corrected chi connectivity index (χ1v) is 7.06. The van der Waals surface area contributed by atoms with Gasteiger partial charge in [-0.2, -0.15) is 5.10 Å². The second-order valence-electron chi connectivity index (χ2n) is 5.48. The van der Waals surface area contributed by atoms with Crippen molar-refractivity contribution < 1.29 is 13.2 Å². The summed E-state index contributed by atoms with van der Waals surface area (Å²) in [6.07, 6.45) is 0.774. The van der Waals surface area contributed by atoms with Gasteiger partial charge in [-0.15, -0.1) is 0 Å². The second-order valence-corrected chi connectivity index (χ2v) is 5.48. The summed E-state index contributed by atoms with van der Waals surface area (Å²) in [5.41, 5.74) is 1.63. The van der Waals surface area contributed by atoms with E-state index in [0.29, 0.717) is 22.4 Å². The summed E-state index contributed by atoms with van der Waals surface area (Å²) in [6, 6.07) is 7.20. The SMILES string of the molecule is Fc1ccc(-n2ncc3c(C(F)F)cc(C4CC4)nc32)cc1. The fourth-order valence-corrected chi connectivity index (χ4v) is 2.58. The van der Waals surface area contributed by atoms with Crippen LogP contribution in [0.25, 0.3) is 16.7 Å². The lowest BCUT2D eigenvalue weighted by Gasteiger charge is -2.07. The number of hydrogen-bond donors (Lipinski definition) is 0. The van der Waals surface area contributed by atoms with Gasteiger partial charge in [-0.05, 0) is 43.2 Å². The van der Waals surface area contributed by atoms with E-state index in [1.807, 2.05) is 0 Å². The van der Waals surface area contributed by atoms with E-state index in [4.69, 9.17) is 0 Å². The van der Waals surface area contributed by atoms with Crippen LogP contribution < -0.4 is 0 Å². The van der Waals surface area contributed by atoms with Crippen LogP contribution in [0.2, 0.25) is 0 Å². The molecule has 4 rings (SSSR count). The van der Waals surface area contributed by atoms with Crippen molar-refractivity contribution in [2.45, 2.75) is 25.2 Å². The van der Waals surface area contributed by atoms with Gasteiger partial charge in [-0.25, -0.2) is 22.8 Å². The van der Waals surface area contributed by atoms with Gasteiger partial charge < -0.3 is 0 Å². The molecule has 1 aliphatic rings. The van der Waals surface area contributed by atoms with E-state index >= 15 is 0 Å². The minimum absolute atomic E-state index is 0.0414. The van der Waals surface area contributed by atoms with Crippen LogP contribution in [0.5, 0.6) is 0 Å². The lowest BCUT2D eigenvalue weighted by atomic mass is 10.1. The zero-order valence-corrected chi connectivity index (χ0v) is 11.5. The lowest BCUT2D eigenvalue weighted by molar-refractivity contribution is 0.153. The first-order chi connectivity index (χ1) is 10.6. The van der Waals surface area contributed by atoms with Gasteiger partial charge in [0, 0.05) is 22.6 Å². The van der Waals surface area contributed by atoms with Crippen molar-refractivity contribution in [1.82, 2.24) is 14.8 Å². The number of nitrogens with zero attached hydrogens (tertiary/aromatic N) is 3. The summed E-state index contributed by atoms with van der Waals surface area (Å²) >= 11 is 0. The summed E-state index contributed by atoms with van der Waals surface area (Å²) in [7, 11) is 0. The van der Waals surface area contributed by atoms with Crippen molar-refractivity contribution in [3.63, 3.8) is 0 Å². The van der Waals surface area contributed by atoms with Gasteiger partial charge in [0.1, 0.15) is 5.82 Å². The van der Waals surface area contributed by atoms with Crippen LogP contribution in [-0.2, 0) is 0 Å². The van der Waals surface area contributed by atoms with Gasteiger partial charge in [0.15, 0.2) is 5.65 Å². The zero-order valence-electron chi connectivity index (χ0n) is 11.5. The number of alkyl halides is 2. The Morgan fingerprint density at radius 1 is 1.14 bits per heavy atom. The quantitative estimate of drug-likeness (QED) is 0.719. The number of benzene rings is 1. The molecular formula is C16H12F3N3. The molecule has 0 amide bonds. The van der Waals surface area contributed by atoms with E-state index in [-0.39, 0.29) is 17.3 Å². The van der Waals surface area contributed by atoms with E-state index in [9.17, 15) is 13.2 Å². The molecular weight excluding hydrogens is 291 g/mol. The summed E-state index contributed by atoms with van der Waals surface area (Å²) in [5.74, 6) is -0.0985. The Morgan fingerprint density at radius 2 is 1.86 bits per heavy atom. The molecule has 6 heteroatoms. The molecule has 1 aliphatic carbocycles. The topological polar surface area (TPSA) is 30.7 Å². The molecule has 2 aromatic heterocycles. The maximum Gasteiger partial charge on any atom is 0.264 e. The fourth-order valence-electron chi connectivity index (χ4n) is 2.58. The zero-order chi connectivity index (χ0) is 15.3. The Balaban J connectivity index is 1.94. The largest absolute Gasteiger partial charge is 0.264 e. The minimum Gasteiger partial charge on any atom is -0.233 e. The van der Waals surface area contributed by atoms with Crippen LogP contribution in [0, 0.1) is 5.82 Å². The summed E-state index contributed by atoms with van der Waals surface area (Å²) < 4.78 is 41.1. The summed E-state index contributed by atoms with van der Waals surface area (Å²) in [4.78, 5) is 4.51. The molecule has 22 heavy (non-hydrogen) atoms. The van der Waals surface area contributed by atoms with Gasteiger partial charge >= 0.3 is 0 Å². The van der Waals surface area contributed by atoms with Crippen molar-refractivity contribution in [1.29, 1.82) is 0 Å². The van der Waals surface area contributed by atoms with E-state index in [0.717, 1.165) is 12.8 Å². The highest BCUT2D eigenvalue weighted by molar-refractivity contribution is 5.81. The highest BCUT2D eigenvalue weighted by Crippen LogP contribution is 2.41. The van der Waals surface area contributed by atoms with Crippen molar-refractivity contribution in [2.24, 2.45) is 0 Å². The minimum atomic E-state index is -2.58.